The van der Waals surface area contributed by atoms with Gasteiger partial charge in [0, 0.05) is 37.2 Å². The maximum Gasteiger partial charge on any atom is 0.174 e. The number of nitrogens with one attached hydrogen (secondary N) is 1. The molecule has 35 heavy (non-hydrogen) atoms. The lowest BCUT2D eigenvalue weighted by Crippen LogP contribution is -2.37. The number of hydrogen-bond donors (Lipinski definition) is 1. The number of para-hydroxylation sites is 1. The predicted octanol–water partition coefficient (Wildman–Crippen LogP) is 3.46. The van der Waals surface area contributed by atoms with Crippen LogP contribution in [0.4, 0.5) is 17.3 Å². The van der Waals surface area contributed by atoms with Gasteiger partial charge in [0.15, 0.2) is 23.1 Å². The first-order valence-corrected chi connectivity index (χ1v) is 11.1. The van der Waals surface area contributed by atoms with Gasteiger partial charge in [-0.05, 0) is 24.3 Å². The van der Waals surface area contributed by atoms with Gasteiger partial charge in [-0.3, -0.25) is 9.97 Å². The molecule has 1 aliphatic rings. The summed E-state index contributed by atoms with van der Waals surface area (Å²) >= 11 is 0. The molecule has 0 atom stereocenters. The number of nitriles is 1. The van der Waals surface area contributed by atoms with Crippen LogP contribution in [-0.4, -0.2) is 53.3 Å². The molecule has 2 aromatic carbocycles. The maximum atomic E-state index is 9.54. The molecule has 0 amide bonds. The Bertz CT molecular complexity index is 1370. The van der Waals surface area contributed by atoms with Gasteiger partial charge in [-0.1, -0.05) is 6.07 Å². The van der Waals surface area contributed by atoms with E-state index in [-0.39, 0.29) is 6.61 Å². The van der Waals surface area contributed by atoms with Crippen molar-refractivity contribution in [3.63, 3.8) is 0 Å². The third kappa shape index (κ3) is 4.90. The van der Waals surface area contributed by atoms with Crippen molar-refractivity contribution < 1.29 is 14.2 Å². The second-order valence-electron chi connectivity index (χ2n) is 7.76. The molecule has 2 aromatic heterocycles. The highest BCUT2D eigenvalue weighted by molar-refractivity contribution is 5.86. The summed E-state index contributed by atoms with van der Waals surface area (Å²) in [5, 5.41) is 12.9. The molecule has 10 nitrogen and oxygen atoms in total. The molecule has 1 N–H and O–H groups in total. The quantitative estimate of drug-likeness (QED) is 0.431. The largest absolute Gasteiger partial charge is 0.493 e. The average Bonchev–Trinajstić information content (AvgIpc) is 2.92. The number of ether oxygens (including phenoxy) is 3. The summed E-state index contributed by atoms with van der Waals surface area (Å²) in [6.07, 6.45) is 4.90. The fourth-order valence-corrected chi connectivity index (χ4v) is 3.80. The van der Waals surface area contributed by atoms with Gasteiger partial charge in [0.25, 0.3) is 0 Å². The molecule has 3 heterocycles. The number of fused-ring (bicyclic) bond motifs is 1. The topological polar surface area (TPSA) is 118 Å². The molecule has 10 heteroatoms. The summed E-state index contributed by atoms with van der Waals surface area (Å²) in [7, 11) is 1.59. The predicted molar refractivity (Wildman–Crippen MR) is 130 cm³/mol. The average molecular weight is 470 g/mol. The molecule has 0 radical (unpaired) electrons. The number of morpholine rings is 1. The Morgan fingerprint density at radius 1 is 1.11 bits per heavy atom. The molecule has 1 saturated heterocycles. The molecule has 5 rings (SSSR count). The standard InChI is InChI=1S/C25H23N7O3/c1-33-22-13-18(5-6-21(22)35-16-19-15-27-7-8-28-19)29-24-25(32-9-11-34-12-10-32)31-23-17(14-26)3-2-4-20(23)30-24/h2-8,13,15H,9-12,16H2,1H3,(H,29,30). The maximum absolute atomic E-state index is 9.54. The van der Waals surface area contributed by atoms with Crippen LogP contribution in [0, 0.1) is 11.3 Å². The molecular formula is C25H23N7O3. The second-order valence-corrected chi connectivity index (χ2v) is 7.76. The van der Waals surface area contributed by atoms with Gasteiger partial charge in [0.05, 0.1) is 43.3 Å². The first-order valence-electron chi connectivity index (χ1n) is 11.1. The molecule has 0 unspecified atom stereocenters. The van der Waals surface area contributed by atoms with Crippen LogP contribution in [0.3, 0.4) is 0 Å². The minimum atomic E-state index is 0.273. The molecule has 0 spiro atoms. The van der Waals surface area contributed by atoms with Gasteiger partial charge < -0.3 is 24.4 Å². The molecule has 0 aliphatic carbocycles. The number of methoxy groups -OCH3 is 1. The third-order valence-electron chi connectivity index (χ3n) is 5.53. The Labute approximate surface area is 202 Å². The molecule has 0 saturated carbocycles. The van der Waals surface area contributed by atoms with Crippen LogP contribution in [0.15, 0.2) is 55.0 Å². The van der Waals surface area contributed by atoms with Gasteiger partial charge in [0.2, 0.25) is 0 Å². The first-order chi connectivity index (χ1) is 17.2. The first kappa shape index (κ1) is 22.3. The van der Waals surface area contributed by atoms with Gasteiger partial charge in [-0.2, -0.15) is 5.26 Å². The fraction of sp³-hybridized carbons (Fsp3) is 0.240. The Kier molecular flexibility index (Phi) is 6.50. The van der Waals surface area contributed by atoms with Crippen molar-refractivity contribution in [1.82, 2.24) is 19.9 Å². The summed E-state index contributed by atoms with van der Waals surface area (Å²) in [4.78, 5) is 20.0. The van der Waals surface area contributed by atoms with Gasteiger partial charge >= 0.3 is 0 Å². The van der Waals surface area contributed by atoms with Crippen LogP contribution in [-0.2, 0) is 11.3 Å². The zero-order valence-electron chi connectivity index (χ0n) is 19.1. The summed E-state index contributed by atoms with van der Waals surface area (Å²) in [5.41, 5.74) is 3.18. The molecule has 4 aromatic rings. The molecule has 0 bridgehead atoms. The highest BCUT2D eigenvalue weighted by Gasteiger charge is 2.20. The van der Waals surface area contributed by atoms with Gasteiger partial charge in [-0.25, -0.2) is 9.97 Å². The summed E-state index contributed by atoms with van der Waals surface area (Å²) < 4.78 is 17.0. The Morgan fingerprint density at radius 2 is 2.00 bits per heavy atom. The van der Waals surface area contributed by atoms with Crippen molar-refractivity contribution in [2.75, 3.05) is 43.6 Å². The smallest absolute Gasteiger partial charge is 0.174 e. The number of benzene rings is 2. The minimum absolute atomic E-state index is 0.273. The van der Waals surface area contributed by atoms with E-state index in [9.17, 15) is 5.26 Å². The lowest BCUT2D eigenvalue weighted by atomic mass is 10.2. The van der Waals surface area contributed by atoms with Gasteiger partial charge in [0.1, 0.15) is 18.2 Å². The van der Waals surface area contributed by atoms with Crippen LogP contribution in [0.2, 0.25) is 0 Å². The van der Waals surface area contributed by atoms with Crippen molar-refractivity contribution in [3.05, 3.63) is 66.2 Å². The van der Waals surface area contributed by atoms with Crippen LogP contribution in [0.25, 0.3) is 11.0 Å². The van der Waals surface area contributed by atoms with E-state index >= 15 is 0 Å². The zero-order valence-corrected chi connectivity index (χ0v) is 19.1. The van der Waals surface area contributed by atoms with Crippen molar-refractivity contribution in [2.24, 2.45) is 0 Å². The Hall–Kier alpha value is -4.49. The molecular weight excluding hydrogens is 446 g/mol. The third-order valence-corrected chi connectivity index (χ3v) is 5.53. The van der Waals surface area contributed by atoms with Crippen LogP contribution in [0.5, 0.6) is 11.5 Å². The summed E-state index contributed by atoms with van der Waals surface area (Å²) in [5.74, 6) is 2.41. The number of anilines is 3. The minimum Gasteiger partial charge on any atom is -0.493 e. The van der Waals surface area contributed by atoms with Crippen LogP contribution >= 0.6 is 0 Å². The van der Waals surface area contributed by atoms with E-state index in [2.05, 4.69) is 26.3 Å². The second kappa shape index (κ2) is 10.2. The van der Waals surface area contributed by atoms with Crippen molar-refractivity contribution in [2.45, 2.75) is 6.61 Å². The zero-order chi connectivity index (χ0) is 24.0. The Balaban J connectivity index is 1.46. The molecule has 1 aliphatic heterocycles. The SMILES string of the molecule is COc1cc(Nc2nc3cccc(C#N)c3nc2N2CCOCC2)ccc1OCc1cnccn1. The van der Waals surface area contributed by atoms with Crippen LogP contribution < -0.4 is 19.7 Å². The number of nitrogens with zero attached hydrogens (tertiary/aromatic N) is 6. The number of hydrogen-bond acceptors (Lipinski definition) is 10. The van der Waals surface area contributed by atoms with Crippen LogP contribution in [0.1, 0.15) is 11.3 Å². The van der Waals surface area contributed by atoms with Crippen molar-refractivity contribution in [3.8, 4) is 17.6 Å². The van der Waals surface area contributed by atoms with Crippen molar-refractivity contribution >= 4 is 28.4 Å². The van der Waals surface area contributed by atoms with E-state index in [0.29, 0.717) is 66.0 Å². The van der Waals surface area contributed by atoms with E-state index in [4.69, 9.17) is 24.2 Å². The summed E-state index contributed by atoms with van der Waals surface area (Å²) in [6, 6.07) is 13.2. The molecule has 176 valence electrons. The van der Waals surface area contributed by atoms with E-state index in [0.717, 1.165) is 11.4 Å². The lowest BCUT2D eigenvalue weighted by Gasteiger charge is -2.29. The lowest BCUT2D eigenvalue weighted by molar-refractivity contribution is 0.122. The highest BCUT2D eigenvalue weighted by atomic mass is 16.5. The monoisotopic (exact) mass is 469 g/mol. The summed E-state index contributed by atoms with van der Waals surface area (Å²) in [6.45, 7) is 2.84. The highest BCUT2D eigenvalue weighted by Crippen LogP contribution is 2.34. The van der Waals surface area contributed by atoms with E-state index in [1.54, 1.807) is 37.8 Å². The van der Waals surface area contributed by atoms with E-state index in [1.165, 1.54) is 0 Å². The van der Waals surface area contributed by atoms with Gasteiger partial charge in [-0.15, -0.1) is 0 Å². The molecule has 1 fully saturated rings. The fourth-order valence-electron chi connectivity index (χ4n) is 3.80. The number of rotatable bonds is 7. The van der Waals surface area contributed by atoms with E-state index in [1.807, 2.05) is 24.3 Å². The van der Waals surface area contributed by atoms with Crippen molar-refractivity contribution in [1.29, 1.82) is 5.26 Å². The number of aromatic nitrogens is 4. The van der Waals surface area contributed by atoms with E-state index < -0.39 is 0 Å². The normalized spacial score (nSPS) is 13.3. The Morgan fingerprint density at radius 3 is 2.77 bits per heavy atom.